The highest BCUT2D eigenvalue weighted by atomic mass is 16.2. The Morgan fingerprint density at radius 2 is 1.59 bits per heavy atom. The van der Waals surface area contributed by atoms with Crippen LogP contribution in [0.4, 0.5) is 0 Å². The summed E-state index contributed by atoms with van der Waals surface area (Å²) in [6.07, 6.45) is 2.75. The van der Waals surface area contributed by atoms with Crippen molar-refractivity contribution in [2.24, 2.45) is 0 Å². The molecule has 0 saturated carbocycles. The number of carbonyl (C=O) groups excluding carboxylic acids is 3. The van der Waals surface area contributed by atoms with Gasteiger partial charge >= 0.3 is 0 Å². The first-order valence-electron chi connectivity index (χ1n) is 11.0. The van der Waals surface area contributed by atoms with Crippen molar-refractivity contribution in [3.63, 3.8) is 0 Å². The van der Waals surface area contributed by atoms with Gasteiger partial charge in [0.2, 0.25) is 5.91 Å². The molecule has 0 aliphatic carbocycles. The number of nitrogens with zero attached hydrogens (tertiary/aromatic N) is 5. The zero-order valence-electron chi connectivity index (χ0n) is 17.8. The molecule has 4 heterocycles. The maximum atomic E-state index is 12.6. The van der Waals surface area contributed by atoms with Crippen LogP contribution in [0.25, 0.3) is 5.52 Å². The topological polar surface area (TPSA) is 78.2 Å². The molecule has 8 heteroatoms. The Hall–Kier alpha value is -3.52. The highest BCUT2D eigenvalue weighted by Crippen LogP contribution is 2.22. The van der Waals surface area contributed by atoms with Crippen LogP contribution in [0.5, 0.6) is 0 Å². The molecule has 3 aromatic rings. The van der Waals surface area contributed by atoms with Crippen molar-refractivity contribution in [1.29, 1.82) is 0 Å². The van der Waals surface area contributed by atoms with E-state index < -0.39 is 0 Å². The van der Waals surface area contributed by atoms with Gasteiger partial charge in [-0.25, -0.2) is 4.52 Å². The summed E-state index contributed by atoms with van der Waals surface area (Å²) >= 11 is 0. The van der Waals surface area contributed by atoms with Gasteiger partial charge in [0.1, 0.15) is 0 Å². The molecule has 1 fully saturated rings. The molecule has 5 rings (SSSR count). The number of benzene rings is 1. The molecule has 2 aromatic heterocycles. The van der Waals surface area contributed by atoms with E-state index >= 15 is 0 Å². The van der Waals surface area contributed by atoms with E-state index in [-0.39, 0.29) is 24.3 Å². The lowest BCUT2D eigenvalue weighted by molar-refractivity contribution is -0.133. The Kier molecular flexibility index (Phi) is 5.45. The quantitative estimate of drug-likeness (QED) is 0.559. The van der Waals surface area contributed by atoms with Gasteiger partial charge in [-0.2, -0.15) is 5.10 Å². The van der Waals surface area contributed by atoms with Gasteiger partial charge in [0.25, 0.3) is 11.8 Å². The zero-order valence-corrected chi connectivity index (χ0v) is 17.8. The van der Waals surface area contributed by atoms with Crippen LogP contribution in [0.3, 0.4) is 0 Å². The van der Waals surface area contributed by atoms with Gasteiger partial charge in [-0.1, -0.05) is 18.2 Å². The van der Waals surface area contributed by atoms with Gasteiger partial charge in [0.05, 0.1) is 22.3 Å². The summed E-state index contributed by atoms with van der Waals surface area (Å²) in [6, 6.07) is 14.9. The van der Waals surface area contributed by atoms with Gasteiger partial charge < -0.3 is 4.90 Å². The number of carbonyl (C=O) groups is 3. The average molecular weight is 431 g/mol. The van der Waals surface area contributed by atoms with Crippen LogP contribution in [0.1, 0.15) is 39.3 Å². The molecule has 0 unspecified atom stereocenters. The fourth-order valence-corrected chi connectivity index (χ4v) is 4.44. The molecule has 0 N–H and O–H groups in total. The predicted molar refractivity (Wildman–Crippen MR) is 118 cm³/mol. The standard InChI is InChI=1S/C24H25N5O3/c30-22(9-5-10-28-23(31)20-7-1-2-8-21(20)24(28)32)27-14-12-26(13-15-27)17-18-16-19-6-3-4-11-29(19)25-18/h1-4,6-8,11,16H,5,9-10,12-15,17H2. The monoisotopic (exact) mass is 431 g/mol. The van der Waals surface area contributed by atoms with E-state index in [1.54, 1.807) is 24.3 Å². The van der Waals surface area contributed by atoms with Crippen LogP contribution in [-0.4, -0.2) is 74.8 Å². The first-order valence-corrected chi connectivity index (χ1v) is 11.0. The number of piperazine rings is 1. The first kappa shape index (κ1) is 20.4. The third-order valence-electron chi connectivity index (χ3n) is 6.18. The minimum atomic E-state index is -0.265. The molecular weight excluding hydrogens is 406 g/mol. The van der Waals surface area contributed by atoms with E-state index in [1.165, 1.54) is 4.90 Å². The Morgan fingerprint density at radius 1 is 0.906 bits per heavy atom. The van der Waals surface area contributed by atoms with Gasteiger partial charge in [-0.05, 0) is 36.8 Å². The molecule has 32 heavy (non-hydrogen) atoms. The van der Waals surface area contributed by atoms with Crippen molar-refractivity contribution in [3.8, 4) is 0 Å². The van der Waals surface area contributed by atoms with Crippen LogP contribution in [0.2, 0.25) is 0 Å². The Labute approximate surface area is 186 Å². The number of pyridine rings is 1. The van der Waals surface area contributed by atoms with Gasteiger partial charge in [-0.15, -0.1) is 0 Å². The summed E-state index contributed by atoms with van der Waals surface area (Å²) < 4.78 is 1.88. The number of hydrogen-bond donors (Lipinski definition) is 0. The maximum Gasteiger partial charge on any atom is 0.261 e. The predicted octanol–water partition coefficient (Wildman–Crippen LogP) is 2.05. The lowest BCUT2D eigenvalue weighted by Crippen LogP contribution is -2.48. The SMILES string of the molecule is O=C(CCCN1C(=O)c2ccccc2C1=O)N1CCN(Cc2cc3ccccn3n2)CC1. The van der Waals surface area contributed by atoms with Crippen LogP contribution >= 0.6 is 0 Å². The Morgan fingerprint density at radius 3 is 2.28 bits per heavy atom. The van der Waals surface area contributed by atoms with Crippen molar-refractivity contribution in [2.45, 2.75) is 19.4 Å². The second-order valence-electron chi connectivity index (χ2n) is 8.27. The summed E-state index contributed by atoms with van der Waals surface area (Å²) in [4.78, 5) is 42.9. The normalized spacial score (nSPS) is 16.8. The summed E-state index contributed by atoms with van der Waals surface area (Å²) in [5, 5.41) is 4.60. The molecule has 2 aliphatic heterocycles. The largest absolute Gasteiger partial charge is 0.340 e. The second-order valence-corrected chi connectivity index (χ2v) is 8.27. The Bertz CT molecular complexity index is 1110. The lowest BCUT2D eigenvalue weighted by Gasteiger charge is -2.34. The molecule has 0 radical (unpaired) electrons. The molecule has 2 aliphatic rings. The van der Waals surface area contributed by atoms with E-state index in [1.807, 2.05) is 33.8 Å². The minimum Gasteiger partial charge on any atom is -0.340 e. The number of imide groups is 1. The molecule has 0 bridgehead atoms. The van der Waals surface area contributed by atoms with Crippen LogP contribution in [-0.2, 0) is 11.3 Å². The minimum absolute atomic E-state index is 0.0778. The van der Waals surface area contributed by atoms with Crippen LogP contribution < -0.4 is 0 Å². The molecule has 3 amide bonds. The molecular formula is C24H25N5O3. The smallest absolute Gasteiger partial charge is 0.261 e. The van der Waals surface area contributed by atoms with Gasteiger partial charge in [-0.3, -0.25) is 24.2 Å². The first-order chi connectivity index (χ1) is 15.6. The van der Waals surface area contributed by atoms with E-state index in [0.717, 1.165) is 30.8 Å². The van der Waals surface area contributed by atoms with E-state index in [2.05, 4.69) is 16.1 Å². The molecule has 1 saturated heterocycles. The van der Waals surface area contributed by atoms with Crippen molar-refractivity contribution in [2.75, 3.05) is 32.7 Å². The zero-order chi connectivity index (χ0) is 22.1. The van der Waals surface area contributed by atoms with Crippen LogP contribution in [0, 0.1) is 0 Å². The van der Waals surface area contributed by atoms with Crippen molar-refractivity contribution in [3.05, 3.63) is 71.5 Å². The number of amides is 3. The van der Waals surface area contributed by atoms with Crippen molar-refractivity contribution >= 4 is 23.2 Å². The van der Waals surface area contributed by atoms with Crippen molar-refractivity contribution in [1.82, 2.24) is 24.3 Å². The summed E-state index contributed by atoms with van der Waals surface area (Å²) in [5.74, 6) is -0.453. The highest BCUT2D eigenvalue weighted by Gasteiger charge is 2.34. The molecule has 0 atom stereocenters. The molecule has 1 aromatic carbocycles. The van der Waals surface area contributed by atoms with E-state index in [9.17, 15) is 14.4 Å². The van der Waals surface area contributed by atoms with Gasteiger partial charge in [0.15, 0.2) is 0 Å². The third-order valence-corrected chi connectivity index (χ3v) is 6.18. The lowest BCUT2D eigenvalue weighted by atomic mass is 10.1. The molecule has 8 nitrogen and oxygen atoms in total. The number of hydrogen-bond acceptors (Lipinski definition) is 5. The van der Waals surface area contributed by atoms with Crippen LogP contribution in [0.15, 0.2) is 54.7 Å². The number of rotatable bonds is 6. The number of aromatic nitrogens is 2. The second kappa shape index (κ2) is 8.55. The summed E-state index contributed by atoms with van der Waals surface area (Å²) in [7, 11) is 0. The van der Waals surface area contributed by atoms with E-state index in [4.69, 9.17) is 0 Å². The highest BCUT2D eigenvalue weighted by molar-refractivity contribution is 6.21. The third kappa shape index (κ3) is 3.89. The fourth-order valence-electron chi connectivity index (χ4n) is 4.44. The van der Waals surface area contributed by atoms with Gasteiger partial charge in [0, 0.05) is 51.9 Å². The molecule has 0 spiro atoms. The fraction of sp³-hybridized carbons (Fsp3) is 0.333. The molecule has 164 valence electrons. The van der Waals surface area contributed by atoms with E-state index in [0.29, 0.717) is 37.1 Å². The maximum absolute atomic E-state index is 12.6. The average Bonchev–Trinajstić information content (AvgIpc) is 3.33. The Balaban J connectivity index is 1.08. The van der Waals surface area contributed by atoms with Crippen molar-refractivity contribution < 1.29 is 14.4 Å². The summed E-state index contributed by atoms with van der Waals surface area (Å²) in [6.45, 7) is 4.00. The number of fused-ring (bicyclic) bond motifs is 2. The summed E-state index contributed by atoms with van der Waals surface area (Å²) in [5.41, 5.74) is 3.00.